The fraction of sp³-hybridized carbons (Fsp3) is 0.0625. The van der Waals surface area contributed by atoms with Crippen LogP contribution >= 0.6 is 27.3 Å². The van der Waals surface area contributed by atoms with Gasteiger partial charge in [0.15, 0.2) is 0 Å². The fourth-order valence-electron chi connectivity index (χ4n) is 2.18. The molecule has 2 aromatic heterocycles. The topological polar surface area (TPSA) is 94.8 Å². The van der Waals surface area contributed by atoms with Gasteiger partial charge in [-0.15, -0.1) is 0 Å². The van der Waals surface area contributed by atoms with Crippen molar-refractivity contribution in [1.82, 2.24) is 15.3 Å². The molecule has 0 aliphatic carbocycles. The molecule has 122 valence electrons. The van der Waals surface area contributed by atoms with E-state index in [2.05, 4.69) is 31.2 Å². The highest BCUT2D eigenvalue weighted by Gasteiger charge is 2.08. The highest BCUT2D eigenvalue weighted by molar-refractivity contribution is 9.10. The first-order chi connectivity index (χ1) is 11.5. The number of benzene rings is 1. The number of carbonyl (C=O) groups is 1. The molecule has 1 amide bonds. The third-order valence-electron chi connectivity index (χ3n) is 3.30. The number of H-pyrrole nitrogens is 2. The summed E-state index contributed by atoms with van der Waals surface area (Å²) in [5.74, 6) is -0.249. The van der Waals surface area contributed by atoms with Gasteiger partial charge >= 0.3 is 11.1 Å². The molecule has 0 saturated carbocycles. The van der Waals surface area contributed by atoms with Crippen LogP contribution in [0.3, 0.4) is 0 Å². The van der Waals surface area contributed by atoms with E-state index < -0.39 is 11.1 Å². The highest BCUT2D eigenvalue weighted by atomic mass is 79.9. The van der Waals surface area contributed by atoms with E-state index in [0.717, 1.165) is 10.0 Å². The van der Waals surface area contributed by atoms with Gasteiger partial charge in [0.2, 0.25) is 5.91 Å². The molecule has 0 fully saturated rings. The molecule has 0 spiro atoms. The molecule has 2 heterocycles. The second-order valence-electron chi connectivity index (χ2n) is 5.00. The van der Waals surface area contributed by atoms with Crippen molar-refractivity contribution < 1.29 is 4.79 Å². The number of hydrogen-bond donors (Lipinski definition) is 3. The second-order valence-corrected chi connectivity index (χ2v) is 6.70. The lowest BCUT2D eigenvalue weighted by molar-refractivity contribution is -0.116. The minimum Gasteiger partial charge on any atom is -0.348 e. The number of hydrogen-bond acceptors (Lipinski definition) is 4. The quantitative estimate of drug-likeness (QED) is 0.459. The SMILES string of the molecule is O=C(/C=C\c1ccsc1)NCc1cc(Br)cc2[nH]c(=O)c(=O)[nH]c12. The van der Waals surface area contributed by atoms with Crippen molar-refractivity contribution in [3.63, 3.8) is 0 Å². The Balaban J connectivity index is 1.82. The Labute approximate surface area is 148 Å². The minimum absolute atomic E-state index is 0.213. The molecule has 24 heavy (non-hydrogen) atoms. The summed E-state index contributed by atoms with van der Waals surface area (Å²) in [5, 5.41) is 6.63. The molecule has 8 heteroatoms. The van der Waals surface area contributed by atoms with Gasteiger partial charge in [-0.2, -0.15) is 11.3 Å². The number of aromatic nitrogens is 2. The summed E-state index contributed by atoms with van der Waals surface area (Å²) in [5.41, 5.74) is 1.19. The first kappa shape index (κ1) is 16.4. The summed E-state index contributed by atoms with van der Waals surface area (Å²) < 4.78 is 0.732. The minimum atomic E-state index is -0.727. The predicted octanol–water partition coefficient (Wildman–Crippen LogP) is 2.37. The first-order valence-electron chi connectivity index (χ1n) is 6.96. The van der Waals surface area contributed by atoms with E-state index in [1.807, 2.05) is 16.8 Å². The van der Waals surface area contributed by atoms with E-state index >= 15 is 0 Å². The van der Waals surface area contributed by atoms with Gasteiger partial charge in [-0.3, -0.25) is 14.4 Å². The summed E-state index contributed by atoms with van der Waals surface area (Å²) in [4.78, 5) is 39.9. The monoisotopic (exact) mass is 405 g/mol. The number of fused-ring (bicyclic) bond motifs is 1. The van der Waals surface area contributed by atoms with Crippen molar-refractivity contribution in [3.8, 4) is 0 Å². The first-order valence-corrected chi connectivity index (χ1v) is 8.69. The van der Waals surface area contributed by atoms with Crippen LogP contribution in [0.4, 0.5) is 0 Å². The van der Waals surface area contributed by atoms with Gasteiger partial charge in [-0.25, -0.2) is 0 Å². The summed E-state index contributed by atoms with van der Waals surface area (Å²) in [6.07, 6.45) is 3.18. The van der Waals surface area contributed by atoms with Gasteiger partial charge in [0, 0.05) is 17.1 Å². The average Bonchev–Trinajstić information content (AvgIpc) is 3.06. The normalized spacial score (nSPS) is 11.2. The van der Waals surface area contributed by atoms with E-state index in [1.54, 1.807) is 29.5 Å². The number of rotatable bonds is 4. The van der Waals surface area contributed by atoms with Crippen molar-refractivity contribution >= 4 is 50.3 Å². The second kappa shape index (κ2) is 6.98. The Morgan fingerprint density at radius 1 is 1.25 bits per heavy atom. The van der Waals surface area contributed by atoms with Crippen molar-refractivity contribution in [1.29, 1.82) is 0 Å². The van der Waals surface area contributed by atoms with Crippen LogP contribution in [0.5, 0.6) is 0 Å². The highest BCUT2D eigenvalue weighted by Crippen LogP contribution is 2.20. The zero-order valence-corrected chi connectivity index (χ0v) is 14.7. The van der Waals surface area contributed by atoms with Crippen molar-refractivity contribution in [3.05, 3.63) is 71.3 Å². The van der Waals surface area contributed by atoms with Crippen LogP contribution in [0.25, 0.3) is 17.1 Å². The number of amides is 1. The van der Waals surface area contributed by atoms with Crippen LogP contribution in [0.2, 0.25) is 0 Å². The Kier molecular flexibility index (Phi) is 4.77. The molecule has 0 bridgehead atoms. The third kappa shape index (κ3) is 3.72. The van der Waals surface area contributed by atoms with Crippen LogP contribution in [0, 0.1) is 0 Å². The smallest absolute Gasteiger partial charge is 0.314 e. The number of nitrogens with one attached hydrogen (secondary N) is 3. The van der Waals surface area contributed by atoms with E-state index in [0.29, 0.717) is 16.6 Å². The Hall–Kier alpha value is -2.45. The van der Waals surface area contributed by atoms with Gasteiger partial charge in [0.1, 0.15) is 0 Å². The van der Waals surface area contributed by atoms with Gasteiger partial charge in [0.05, 0.1) is 11.0 Å². The number of thiophene rings is 1. The number of carbonyl (C=O) groups excluding carboxylic acids is 1. The summed E-state index contributed by atoms with van der Waals surface area (Å²) in [7, 11) is 0. The number of halogens is 1. The molecule has 3 rings (SSSR count). The van der Waals surface area contributed by atoms with Crippen LogP contribution in [0.1, 0.15) is 11.1 Å². The molecule has 3 aromatic rings. The lowest BCUT2D eigenvalue weighted by atomic mass is 10.1. The molecular formula is C16H12BrN3O3S. The number of aromatic amines is 2. The third-order valence-corrected chi connectivity index (χ3v) is 4.46. The van der Waals surface area contributed by atoms with Crippen LogP contribution in [-0.4, -0.2) is 15.9 Å². The van der Waals surface area contributed by atoms with Gasteiger partial charge < -0.3 is 15.3 Å². The summed E-state index contributed by atoms with van der Waals surface area (Å²) in [6, 6.07) is 5.38. The lowest BCUT2D eigenvalue weighted by Crippen LogP contribution is -2.29. The molecule has 1 aromatic carbocycles. The zero-order chi connectivity index (χ0) is 17.1. The van der Waals surface area contributed by atoms with Gasteiger partial charge in [-0.05, 0) is 46.2 Å². The van der Waals surface area contributed by atoms with E-state index in [4.69, 9.17) is 0 Å². The Morgan fingerprint density at radius 3 is 2.79 bits per heavy atom. The molecule has 0 atom stereocenters. The lowest BCUT2D eigenvalue weighted by Gasteiger charge is -2.08. The maximum Gasteiger partial charge on any atom is 0.314 e. The molecular weight excluding hydrogens is 394 g/mol. The zero-order valence-electron chi connectivity index (χ0n) is 12.3. The molecule has 0 radical (unpaired) electrons. The van der Waals surface area contributed by atoms with Gasteiger partial charge in [-0.1, -0.05) is 15.9 Å². The van der Waals surface area contributed by atoms with Crippen molar-refractivity contribution in [2.24, 2.45) is 0 Å². The van der Waals surface area contributed by atoms with Crippen molar-refractivity contribution in [2.75, 3.05) is 0 Å². The molecule has 6 nitrogen and oxygen atoms in total. The standard InChI is InChI=1S/C16H12BrN3O3S/c17-11-5-10(14-12(6-11)19-15(22)16(23)20-14)7-18-13(21)2-1-9-3-4-24-8-9/h1-6,8H,7H2,(H,18,21)(H,19,22)(H,20,23)/b2-1-. The Morgan fingerprint density at radius 2 is 2.04 bits per heavy atom. The van der Waals surface area contributed by atoms with Crippen molar-refractivity contribution in [2.45, 2.75) is 6.54 Å². The van der Waals surface area contributed by atoms with E-state index in [9.17, 15) is 14.4 Å². The largest absolute Gasteiger partial charge is 0.348 e. The van der Waals surface area contributed by atoms with Gasteiger partial charge in [0.25, 0.3) is 0 Å². The summed E-state index contributed by atoms with van der Waals surface area (Å²) >= 11 is 4.91. The maximum absolute atomic E-state index is 11.9. The van der Waals surface area contributed by atoms with E-state index in [-0.39, 0.29) is 12.5 Å². The molecule has 3 N–H and O–H groups in total. The maximum atomic E-state index is 11.9. The van der Waals surface area contributed by atoms with Crippen LogP contribution in [0.15, 0.2) is 49.1 Å². The van der Waals surface area contributed by atoms with Crippen LogP contribution in [-0.2, 0) is 11.3 Å². The summed E-state index contributed by atoms with van der Waals surface area (Å²) in [6.45, 7) is 0.213. The Bertz CT molecular complexity index is 1030. The molecule has 0 saturated heterocycles. The predicted molar refractivity (Wildman–Crippen MR) is 98.1 cm³/mol. The molecule has 0 unspecified atom stereocenters. The fourth-order valence-corrected chi connectivity index (χ4v) is 3.32. The average molecular weight is 406 g/mol. The van der Waals surface area contributed by atoms with Crippen LogP contribution < -0.4 is 16.4 Å². The van der Waals surface area contributed by atoms with E-state index in [1.165, 1.54) is 6.08 Å². The molecule has 0 aliphatic heterocycles. The molecule has 0 aliphatic rings.